The summed E-state index contributed by atoms with van der Waals surface area (Å²) >= 11 is 0. The number of carbonyl (C=O) groups is 1. The van der Waals surface area contributed by atoms with Crippen LogP contribution in [0.4, 0.5) is 5.69 Å². The molecule has 0 bridgehead atoms. The van der Waals surface area contributed by atoms with E-state index < -0.39 is 0 Å². The van der Waals surface area contributed by atoms with E-state index in [1.165, 1.54) is 61.8 Å². The fourth-order valence-corrected chi connectivity index (χ4v) is 4.06. The minimum atomic E-state index is 0.820. The molecule has 0 N–H and O–H groups in total. The summed E-state index contributed by atoms with van der Waals surface area (Å²) in [5.74, 6) is 0.820. The van der Waals surface area contributed by atoms with E-state index in [1.54, 1.807) is 0 Å². The van der Waals surface area contributed by atoms with Crippen molar-refractivity contribution in [2.45, 2.75) is 58.3 Å². The summed E-state index contributed by atoms with van der Waals surface area (Å²) in [6.45, 7) is 4.33. The smallest absolute Gasteiger partial charge is 0.152 e. The van der Waals surface area contributed by atoms with Crippen molar-refractivity contribution in [2.75, 3.05) is 18.0 Å². The minimum Gasteiger partial charge on any atom is -0.371 e. The van der Waals surface area contributed by atoms with Gasteiger partial charge in [-0.2, -0.15) is 0 Å². The first-order chi connectivity index (χ1) is 10.3. The van der Waals surface area contributed by atoms with E-state index in [9.17, 15) is 4.79 Å². The third kappa shape index (κ3) is 3.14. The first-order valence-corrected chi connectivity index (χ1v) is 8.67. The summed E-state index contributed by atoms with van der Waals surface area (Å²) in [6, 6.07) is 4.48. The third-order valence-electron chi connectivity index (χ3n) is 5.29. The minimum absolute atomic E-state index is 0.820. The van der Waals surface area contributed by atoms with Crippen molar-refractivity contribution in [3.8, 4) is 0 Å². The molecule has 0 atom stereocenters. The van der Waals surface area contributed by atoms with Crippen molar-refractivity contribution in [1.29, 1.82) is 0 Å². The fourth-order valence-electron chi connectivity index (χ4n) is 4.06. The lowest BCUT2D eigenvalue weighted by atomic mass is 9.89. The quantitative estimate of drug-likeness (QED) is 0.748. The van der Waals surface area contributed by atoms with Gasteiger partial charge in [-0.1, -0.05) is 12.8 Å². The van der Waals surface area contributed by atoms with Gasteiger partial charge < -0.3 is 4.90 Å². The zero-order chi connectivity index (χ0) is 14.7. The average Bonchev–Trinajstić information content (AvgIpc) is 3.04. The first-order valence-electron chi connectivity index (χ1n) is 8.67. The number of benzene rings is 1. The predicted molar refractivity (Wildman–Crippen MR) is 88.3 cm³/mol. The molecule has 0 aromatic heterocycles. The van der Waals surface area contributed by atoms with Crippen LogP contribution in [-0.4, -0.2) is 19.4 Å². The molecule has 0 amide bonds. The number of hydrogen-bond acceptors (Lipinski definition) is 2. The topological polar surface area (TPSA) is 20.3 Å². The second-order valence-corrected chi connectivity index (χ2v) is 6.69. The van der Waals surface area contributed by atoms with Crippen LogP contribution in [0.15, 0.2) is 12.1 Å². The predicted octanol–water partition coefficient (Wildman–Crippen LogP) is 4.39. The average molecular weight is 285 g/mol. The third-order valence-corrected chi connectivity index (χ3v) is 5.29. The summed E-state index contributed by atoms with van der Waals surface area (Å²) in [4.78, 5) is 14.0. The van der Waals surface area contributed by atoms with Gasteiger partial charge in [-0.15, -0.1) is 0 Å². The molecule has 0 spiro atoms. The molecule has 0 saturated heterocycles. The Morgan fingerprint density at radius 1 is 1.10 bits per heavy atom. The maximum absolute atomic E-state index is 11.5. The molecular weight excluding hydrogens is 258 g/mol. The standard InChI is InChI=1S/C19H27NO/c1-2-20(13-15-7-3-4-8-15)19-12-17-10-6-5-9-16(17)11-18(19)14-21/h11-12,14-15H,2-10,13H2,1H3. The number of fused-ring (bicyclic) bond motifs is 1. The number of rotatable bonds is 5. The number of carbonyl (C=O) groups excluding carboxylic acids is 1. The van der Waals surface area contributed by atoms with Crippen LogP contribution in [-0.2, 0) is 12.8 Å². The number of anilines is 1. The molecule has 0 aliphatic heterocycles. The molecule has 1 saturated carbocycles. The van der Waals surface area contributed by atoms with Crippen LogP contribution in [0.2, 0.25) is 0 Å². The second-order valence-electron chi connectivity index (χ2n) is 6.69. The zero-order valence-corrected chi connectivity index (χ0v) is 13.2. The van der Waals surface area contributed by atoms with Crippen molar-refractivity contribution >= 4 is 12.0 Å². The summed E-state index contributed by atoms with van der Waals surface area (Å²) in [5.41, 5.74) is 4.96. The Morgan fingerprint density at radius 3 is 2.38 bits per heavy atom. The maximum Gasteiger partial charge on any atom is 0.152 e. The van der Waals surface area contributed by atoms with E-state index >= 15 is 0 Å². The molecule has 3 rings (SSSR count). The van der Waals surface area contributed by atoms with Gasteiger partial charge in [-0.3, -0.25) is 4.79 Å². The van der Waals surface area contributed by atoms with Crippen LogP contribution in [0.3, 0.4) is 0 Å². The van der Waals surface area contributed by atoms with E-state index in [1.807, 2.05) is 0 Å². The molecule has 1 fully saturated rings. The van der Waals surface area contributed by atoms with Crippen LogP contribution >= 0.6 is 0 Å². The van der Waals surface area contributed by atoms with Gasteiger partial charge in [-0.05, 0) is 74.6 Å². The van der Waals surface area contributed by atoms with Crippen LogP contribution < -0.4 is 4.90 Å². The highest BCUT2D eigenvalue weighted by Crippen LogP contribution is 2.32. The Hall–Kier alpha value is -1.31. The van der Waals surface area contributed by atoms with Crippen molar-refractivity contribution in [3.05, 3.63) is 28.8 Å². The van der Waals surface area contributed by atoms with E-state index in [0.717, 1.165) is 37.3 Å². The van der Waals surface area contributed by atoms with E-state index in [2.05, 4.69) is 24.0 Å². The number of nitrogens with zero attached hydrogens (tertiary/aromatic N) is 1. The van der Waals surface area contributed by atoms with E-state index in [0.29, 0.717) is 0 Å². The number of hydrogen-bond donors (Lipinski definition) is 0. The van der Waals surface area contributed by atoms with Crippen molar-refractivity contribution < 1.29 is 4.79 Å². The number of aldehydes is 1. The fraction of sp³-hybridized carbons (Fsp3) is 0.632. The summed E-state index contributed by atoms with van der Waals surface area (Å²) in [5, 5.41) is 0. The SMILES string of the molecule is CCN(CC1CCCC1)c1cc2c(cc1C=O)CCCC2. The molecule has 2 nitrogen and oxygen atoms in total. The number of aryl methyl sites for hydroxylation is 2. The first kappa shape index (κ1) is 14.6. The monoisotopic (exact) mass is 285 g/mol. The van der Waals surface area contributed by atoms with Gasteiger partial charge in [0.15, 0.2) is 6.29 Å². The lowest BCUT2D eigenvalue weighted by molar-refractivity contribution is 0.112. The molecule has 0 heterocycles. The molecule has 114 valence electrons. The molecule has 1 aromatic rings. The molecule has 1 aromatic carbocycles. The molecule has 21 heavy (non-hydrogen) atoms. The molecule has 2 aliphatic carbocycles. The summed E-state index contributed by atoms with van der Waals surface area (Å²) in [7, 11) is 0. The Bertz CT molecular complexity index is 503. The van der Waals surface area contributed by atoms with Gasteiger partial charge in [0.05, 0.1) is 0 Å². The largest absolute Gasteiger partial charge is 0.371 e. The Kier molecular flexibility index (Phi) is 4.62. The molecule has 2 aliphatic rings. The molecule has 0 radical (unpaired) electrons. The van der Waals surface area contributed by atoms with Crippen LogP contribution in [0.5, 0.6) is 0 Å². The molecular formula is C19H27NO. The normalized spacial score (nSPS) is 18.5. The Morgan fingerprint density at radius 2 is 1.76 bits per heavy atom. The van der Waals surface area contributed by atoms with Crippen LogP contribution in [0.1, 0.15) is 66.9 Å². The highest BCUT2D eigenvalue weighted by molar-refractivity contribution is 5.85. The van der Waals surface area contributed by atoms with E-state index in [-0.39, 0.29) is 0 Å². The van der Waals surface area contributed by atoms with Gasteiger partial charge in [0.1, 0.15) is 0 Å². The second kappa shape index (κ2) is 6.64. The summed E-state index contributed by atoms with van der Waals surface area (Å²) < 4.78 is 0. The zero-order valence-electron chi connectivity index (χ0n) is 13.2. The van der Waals surface area contributed by atoms with Crippen molar-refractivity contribution in [1.82, 2.24) is 0 Å². The van der Waals surface area contributed by atoms with Crippen molar-refractivity contribution in [2.24, 2.45) is 5.92 Å². The summed E-state index contributed by atoms with van der Waals surface area (Å²) in [6.07, 6.45) is 11.4. The van der Waals surface area contributed by atoms with Gasteiger partial charge in [-0.25, -0.2) is 0 Å². The van der Waals surface area contributed by atoms with Crippen LogP contribution in [0, 0.1) is 5.92 Å². The van der Waals surface area contributed by atoms with Gasteiger partial charge >= 0.3 is 0 Å². The lowest BCUT2D eigenvalue weighted by Crippen LogP contribution is -2.29. The van der Waals surface area contributed by atoms with Crippen LogP contribution in [0.25, 0.3) is 0 Å². The highest BCUT2D eigenvalue weighted by Gasteiger charge is 2.21. The van der Waals surface area contributed by atoms with Gasteiger partial charge in [0, 0.05) is 24.3 Å². The Balaban J connectivity index is 1.88. The molecule has 0 unspecified atom stereocenters. The Labute approximate surface area is 128 Å². The lowest BCUT2D eigenvalue weighted by Gasteiger charge is -2.29. The van der Waals surface area contributed by atoms with Gasteiger partial charge in [0.2, 0.25) is 0 Å². The highest BCUT2D eigenvalue weighted by atomic mass is 16.1. The molecule has 2 heteroatoms. The van der Waals surface area contributed by atoms with E-state index in [4.69, 9.17) is 0 Å². The maximum atomic E-state index is 11.5. The van der Waals surface area contributed by atoms with Crippen molar-refractivity contribution in [3.63, 3.8) is 0 Å². The van der Waals surface area contributed by atoms with Gasteiger partial charge in [0.25, 0.3) is 0 Å².